The number of amides is 1. The SMILES string of the molecule is CCCCCCCCOc1ccc(C=CC(=O)Nc2nc3ccc(OC)cc3s2)cc1. The van der Waals surface area contributed by atoms with Crippen molar-refractivity contribution in [1.29, 1.82) is 0 Å². The van der Waals surface area contributed by atoms with Gasteiger partial charge in [-0.05, 0) is 48.4 Å². The molecule has 0 radical (unpaired) electrons. The van der Waals surface area contributed by atoms with Gasteiger partial charge in [-0.1, -0.05) is 62.5 Å². The van der Waals surface area contributed by atoms with Gasteiger partial charge >= 0.3 is 0 Å². The van der Waals surface area contributed by atoms with Gasteiger partial charge in [-0.3, -0.25) is 10.1 Å². The Labute approximate surface area is 188 Å². The number of nitrogens with zero attached hydrogens (tertiary/aromatic N) is 1. The summed E-state index contributed by atoms with van der Waals surface area (Å²) in [4.78, 5) is 16.7. The van der Waals surface area contributed by atoms with Crippen LogP contribution in [0.3, 0.4) is 0 Å². The lowest BCUT2D eigenvalue weighted by Gasteiger charge is -2.06. The molecule has 6 heteroatoms. The Balaban J connectivity index is 1.44. The van der Waals surface area contributed by atoms with Gasteiger partial charge in [-0.15, -0.1) is 0 Å². The highest BCUT2D eigenvalue weighted by Crippen LogP contribution is 2.29. The van der Waals surface area contributed by atoms with Crippen molar-refractivity contribution >= 4 is 38.7 Å². The van der Waals surface area contributed by atoms with Crippen molar-refractivity contribution in [2.75, 3.05) is 19.0 Å². The molecule has 5 nitrogen and oxygen atoms in total. The molecule has 0 atom stereocenters. The third-order valence-electron chi connectivity index (χ3n) is 4.90. The molecule has 0 aliphatic carbocycles. The molecule has 1 N–H and O–H groups in total. The Kier molecular flexibility index (Phi) is 8.91. The molecule has 164 valence electrons. The lowest BCUT2D eigenvalue weighted by atomic mass is 10.1. The number of benzene rings is 2. The summed E-state index contributed by atoms with van der Waals surface area (Å²) in [5, 5.41) is 3.39. The van der Waals surface area contributed by atoms with E-state index in [0.29, 0.717) is 5.13 Å². The van der Waals surface area contributed by atoms with E-state index in [9.17, 15) is 4.79 Å². The second kappa shape index (κ2) is 12.1. The van der Waals surface area contributed by atoms with Gasteiger partial charge in [0, 0.05) is 6.08 Å². The summed E-state index contributed by atoms with van der Waals surface area (Å²) in [7, 11) is 1.63. The number of ether oxygens (including phenoxy) is 2. The summed E-state index contributed by atoms with van der Waals surface area (Å²) in [6.45, 7) is 2.98. The molecular weight excluding hydrogens is 408 g/mol. The molecule has 1 heterocycles. The number of aromatic nitrogens is 1. The number of fused-ring (bicyclic) bond motifs is 1. The van der Waals surface area contributed by atoms with Gasteiger partial charge in [-0.2, -0.15) is 0 Å². The van der Waals surface area contributed by atoms with E-state index in [-0.39, 0.29) is 5.91 Å². The van der Waals surface area contributed by atoms with Crippen LogP contribution < -0.4 is 14.8 Å². The number of carbonyl (C=O) groups excluding carboxylic acids is 1. The largest absolute Gasteiger partial charge is 0.497 e. The van der Waals surface area contributed by atoms with E-state index in [4.69, 9.17) is 9.47 Å². The molecule has 0 spiro atoms. The zero-order chi connectivity index (χ0) is 21.9. The molecule has 1 amide bonds. The molecule has 2 aromatic carbocycles. The maximum absolute atomic E-state index is 12.2. The number of anilines is 1. The van der Waals surface area contributed by atoms with Crippen molar-refractivity contribution in [3.8, 4) is 11.5 Å². The summed E-state index contributed by atoms with van der Waals surface area (Å²) in [6, 6.07) is 13.4. The van der Waals surface area contributed by atoms with Crippen LogP contribution in [0.2, 0.25) is 0 Å². The summed E-state index contributed by atoms with van der Waals surface area (Å²) in [5.74, 6) is 1.42. The predicted molar refractivity (Wildman–Crippen MR) is 129 cm³/mol. The van der Waals surface area contributed by atoms with Crippen molar-refractivity contribution in [2.45, 2.75) is 45.4 Å². The van der Waals surface area contributed by atoms with Crippen molar-refractivity contribution in [2.24, 2.45) is 0 Å². The van der Waals surface area contributed by atoms with E-state index >= 15 is 0 Å². The van der Waals surface area contributed by atoms with Crippen LogP contribution in [-0.2, 0) is 4.79 Å². The first-order valence-corrected chi connectivity index (χ1v) is 11.7. The van der Waals surface area contributed by atoms with Gasteiger partial charge in [-0.25, -0.2) is 4.98 Å². The predicted octanol–water partition coefficient (Wildman–Crippen LogP) is 6.70. The minimum absolute atomic E-state index is 0.213. The van der Waals surface area contributed by atoms with E-state index in [1.807, 2.05) is 42.5 Å². The van der Waals surface area contributed by atoms with Crippen LogP contribution in [0.5, 0.6) is 11.5 Å². The number of hydrogen-bond acceptors (Lipinski definition) is 5. The summed E-state index contributed by atoms with van der Waals surface area (Å²) < 4.78 is 12.0. The highest BCUT2D eigenvalue weighted by molar-refractivity contribution is 7.22. The Morgan fingerprint density at radius 3 is 2.55 bits per heavy atom. The number of unbranched alkanes of at least 4 members (excludes halogenated alkanes) is 5. The lowest BCUT2D eigenvalue weighted by molar-refractivity contribution is -0.111. The maximum atomic E-state index is 12.2. The molecule has 0 bridgehead atoms. The first-order chi connectivity index (χ1) is 15.2. The fourth-order valence-corrected chi connectivity index (χ4v) is 4.05. The first-order valence-electron chi connectivity index (χ1n) is 10.8. The standard InChI is InChI=1S/C25H30N2O3S/c1-3-4-5-6-7-8-17-30-20-12-9-19(10-13-20)11-16-24(28)27-25-26-22-15-14-21(29-2)18-23(22)31-25/h9-16,18H,3-8,17H2,1-2H3,(H,26,27,28). The summed E-state index contributed by atoms with van der Waals surface area (Å²) in [6.07, 6.45) is 10.8. The third-order valence-corrected chi connectivity index (χ3v) is 5.83. The van der Waals surface area contributed by atoms with Crippen molar-refractivity contribution in [3.05, 3.63) is 54.1 Å². The molecule has 0 fully saturated rings. The van der Waals surface area contributed by atoms with Crippen LogP contribution >= 0.6 is 11.3 Å². The average Bonchev–Trinajstić information content (AvgIpc) is 3.19. The number of rotatable bonds is 12. The smallest absolute Gasteiger partial charge is 0.250 e. The van der Waals surface area contributed by atoms with Gasteiger partial charge in [0.2, 0.25) is 5.91 Å². The van der Waals surface area contributed by atoms with E-state index in [0.717, 1.165) is 40.3 Å². The molecule has 3 rings (SSSR count). The fraction of sp³-hybridized carbons (Fsp3) is 0.360. The normalized spacial score (nSPS) is 11.2. The Bertz CT molecular complexity index is 996. The molecule has 31 heavy (non-hydrogen) atoms. The molecule has 3 aromatic rings. The fourth-order valence-electron chi connectivity index (χ4n) is 3.15. The molecule has 0 aliphatic rings. The second-order valence-electron chi connectivity index (χ2n) is 7.36. The van der Waals surface area contributed by atoms with Gasteiger partial charge in [0.05, 0.1) is 23.9 Å². The molecule has 0 saturated heterocycles. The minimum Gasteiger partial charge on any atom is -0.497 e. The first kappa shape index (κ1) is 22.8. The zero-order valence-electron chi connectivity index (χ0n) is 18.2. The van der Waals surface area contributed by atoms with Crippen LogP contribution in [0, 0.1) is 0 Å². The van der Waals surface area contributed by atoms with Gasteiger partial charge < -0.3 is 9.47 Å². The number of nitrogens with one attached hydrogen (secondary N) is 1. The zero-order valence-corrected chi connectivity index (χ0v) is 19.0. The van der Waals surface area contributed by atoms with E-state index in [1.165, 1.54) is 49.5 Å². The number of methoxy groups -OCH3 is 1. The molecule has 1 aromatic heterocycles. The van der Waals surface area contributed by atoms with Crippen LogP contribution in [0.15, 0.2) is 48.5 Å². The third kappa shape index (κ3) is 7.40. The molecule has 0 saturated carbocycles. The maximum Gasteiger partial charge on any atom is 0.250 e. The lowest BCUT2D eigenvalue weighted by Crippen LogP contribution is -2.07. The van der Waals surface area contributed by atoms with Crippen molar-refractivity contribution in [1.82, 2.24) is 4.98 Å². The number of hydrogen-bond donors (Lipinski definition) is 1. The molecule has 0 unspecified atom stereocenters. The second-order valence-corrected chi connectivity index (χ2v) is 8.39. The Morgan fingerprint density at radius 2 is 1.77 bits per heavy atom. The van der Waals surface area contributed by atoms with Crippen LogP contribution in [0.1, 0.15) is 51.0 Å². The van der Waals surface area contributed by atoms with Gasteiger partial charge in [0.15, 0.2) is 5.13 Å². The highest BCUT2D eigenvalue weighted by atomic mass is 32.1. The monoisotopic (exact) mass is 438 g/mol. The van der Waals surface area contributed by atoms with Gasteiger partial charge in [0.25, 0.3) is 0 Å². The van der Waals surface area contributed by atoms with E-state index in [1.54, 1.807) is 13.2 Å². The Morgan fingerprint density at radius 1 is 1.03 bits per heavy atom. The average molecular weight is 439 g/mol. The van der Waals surface area contributed by atoms with Crippen LogP contribution in [0.4, 0.5) is 5.13 Å². The highest BCUT2D eigenvalue weighted by Gasteiger charge is 2.07. The summed E-state index contributed by atoms with van der Waals surface area (Å²) in [5.41, 5.74) is 1.78. The van der Waals surface area contributed by atoms with Crippen LogP contribution in [0.25, 0.3) is 16.3 Å². The van der Waals surface area contributed by atoms with Gasteiger partial charge in [0.1, 0.15) is 11.5 Å². The van der Waals surface area contributed by atoms with Crippen molar-refractivity contribution < 1.29 is 14.3 Å². The number of carbonyl (C=O) groups is 1. The summed E-state index contributed by atoms with van der Waals surface area (Å²) >= 11 is 1.42. The quantitative estimate of drug-likeness (QED) is 0.253. The van der Waals surface area contributed by atoms with Crippen molar-refractivity contribution in [3.63, 3.8) is 0 Å². The minimum atomic E-state index is -0.213. The Hall–Kier alpha value is -2.86. The number of thiazole rings is 1. The van der Waals surface area contributed by atoms with E-state index in [2.05, 4.69) is 17.2 Å². The van der Waals surface area contributed by atoms with E-state index < -0.39 is 0 Å². The topological polar surface area (TPSA) is 60.5 Å². The molecule has 0 aliphatic heterocycles. The molecular formula is C25H30N2O3S. The van der Waals surface area contributed by atoms with Crippen LogP contribution in [-0.4, -0.2) is 24.6 Å².